The minimum absolute atomic E-state index is 0.0511. The predicted octanol–water partition coefficient (Wildman–Crippen LogP) is 2.69. The summed E-state index contributed by atoms with van der Waals surface area (Å²) in [7, 11) is 0. The number of nitrogens with zero attached hydrogens (tertiary/aromatic N) is 1. The Kier molecular flexibility index (Phi) is 4.19. The van der Waals surface area contributed by atoms with Crippen molar-refractivity contribution >= 4 is 27.9 Å². The van der Waals surface area contributed by atoms with Gasteiger partial charge in [0.15, 0.2) is 5.75 Å². The summed E-state index contributed by atoms with van der Waals surface area (Å²) in [5.41, 5.74) is 0.139. The van der Waals surface area contributed by atoms with Crippen molar-refractivity contribution < 1.29 is 14.5 Å². The van der Waals surface area contributed by atoms with Gasteiger partial charge in [-0.3, -0.25) is 14.9 Å². The van der Waals surface area contributed by atoms with E-state index < -0.39 is 4.92 Å². The number of hydrogen-bond acceptors (Lipinski definition) is 4. The summed E-state index contributed by atoms with van der Waals surface area (Å²) in [6, 6.07) is 3.91. The summed E-state index contributed by atoms with van der Waals surface area (Å²) < 4.78 is 5.71. The third-order valence-electron chi connectivity index (χ3n) is 1.70. The van der Waals surface area contributed by atoms with E-state index in [2.05, 4.69) is 22.5 Å². The van der Waals surface area contributed by atoms with Crippen LogP contribution in [0.3, 0.4) is 0 Å². The van der Waals surface area contributed by atoms with Gasteiger partial charge in [-0.15, -0.1) is 0 Å². The molecule has 0 bridgehead atoms. The van der Waals surface area contributed by atoms with Crippen LogP contribution in [0, 0.1) is 10.1 Å². The molecule has 0 radical (unpaired) electrons. The number of nitro benzene ring substituents is 1. The van der Waals surface area contributed by atoms with E-state index in [9.17, 15) is 14.9 Å². The first kappa shape index (κ1) is 12.4. The lowest BCUT2D eigenvalue weighted by Crippen LogP contribution is -2.00. The number of benzene rings is 1. The van der Waals surface area contributed by atoms with Crippen molar-refractivity contribution in [3.05, 3.63) is 44.9 Å². The lowest BCUT2D eigenvalue weighted by atomic mass is 10.2. The Morgan fingerprint density at radius 2 is 2.31 bits per heavy atom. The molecule has 0 spiro atoms. The molecule has 0 unspecified atom stereocenters. The highest BCUT2D eigenvalue weighted by atomic mass is 79.9. The first-order valence-electron chi connectivity index (χ1n) is 4.24. The zero-order valence-electron chi connectivity index (χ0n) is 8.18. The Morgan fingerprint density at radius 1 is 1.62 bits per heavy atom. The molecule has 0 aliphatic rings. The Bertz CT molecular complexity index is 444. The molecule has 0 saturated heterocycles. The highest BCUT2D eigenvalue weighted by Gasteiger charge is 2.15. The van der Waals surface area contributed by atoms with Crippen molar-refractivity contribution in [2.45, 2.75) is 0 Å². The molecule has 0 aromatic heterocycles. The molecule has 1 rings (SSSR count). The zero-order chi connectivity index (χ0) is 12.1. The van der Waals surface area contributed by atoms with Gasteiger partial charge in [-0.1, -0.05) is 22.5 Å². The van der Waals surface area contributed by atoms with Gasteiger partial charge in [0.1, 0.15) is 12.9 Å². The predicted molar refractivity (Wildman–Crippen MR) is 62.0 cm³/mol. The second-order valence-electron chi connectivity index (χ2n) is 2.91. The number of carbonyl (C=O) groups is 1. The van der Waals surface area contributed by atoms with E-state index in [1.165, 1.54) is 18.2 Å². The van der Waals surface area contributed by atoms with Crippen LogP contribution in [0.5, 0.6) is 5.75 Å². The molecular formula is C10H8BrNO4. The van der Waals surface area contributed by atoms with E-state index in [0.717, 1.165) is 0 Å². The minimum atomic E-state index is -0.569. The summed E-state index contributed by atoms with van der Waals surface area (Å²) in [5, 5.41) is 10.7. The van der Waals surface area contributed by atoms with Crippen LogP contribution in [0.2, 0.25) is 0 Å². The number of ether oxygens (including phenoxy) is 1. The van der Waals surface area contributed by atoms with Crippen LogP contribution in [-0.2, 0) is 0 Å². The van der Waals surface area contributed by atoms with Crippen molar-refractivity contribution in [3.63, 3.8) is 0 Å². The molecule has 1 aromatic rings. The average molecular weight is 286 g/mol. The number of aldehydes is 1. The van der Waals surface area contributed by atoms with Gasteiger partial charge in [-0.05, 0) is 12.1 Å². The molecule has 0 aliphatic heterocycles. The molecule has 6 heteroatoms. The number of carbonyl (C=O) groups excluding carboxylic acids is 1. The molecule has 1 aromatic carbocycles. The fourth-order valence-electron chi connectivity index (χ4n) is 1.03. The molecule has 0 fully saturated rings. The maximum absolute atomic E-state index is 10.7. The number of nitro groups is 1. The maximum Gasteiger partial charge on any atom is 0.310 e. The molecule has 16 heavy (non-hydrogen) atoms. The van der Waals surface area contributed by atoms with Crippen LogP contribution < -0.4 is 4.74 Å². The molecule has 0 heterocycles. The van der Waals surface area contributed by atoms with Crippen LogP contribution in [0.4, 0.5) is 5.69 Å². The van der Waals surface area contributed by atoms with E-state index in [1.54, 1.807) is 0 Å². The quantitative estimate of drug-likeness (QED) is 0.474. The monoisotopic (exact) mass is 285 g/mol. The molecule has 0 amide bonds. The lowest BCUT2D eigenvalue weighted by Gasteiger charge is -2.05. The van der Waals surface area contributed by atoms with Crippen LogP contribution in [0.15, 0.2) is 29.3 Å². The molecule has 0 atom stereocenters. The first-order valence-corrected chi connectivity index (χ1v) is 5.03. The minimum Gasteiger partial charge on any atom is -0.481 e. The summed E-state index contributed by atoms with van der Waals surface area (Å²) >= 11 is 3.07. The van der Waals surface area contributed by atoms with Gasteiger partial charge < -0.3 is 4.74 Å². The topological polar surface area (TPSA) is 69.4 Å². The van der Waals surface area contributed by atoms with Gasteiger partial charge in [0.05, 0.1) is 4.92 Å². The normalized spacial score (nSPS) is 9.56. The molecule has 5 nitrogen and oxygen atoms in total. The van der Waals surface area contributed by atoms with Crippen molar-refractivity contribution in [3.8, 4) is 5.75 Å². The van der Waals surface area contributed by atoms with Gasteiger partial charge in [-0.2, -0.15) is 0 Å². The van der Waals surface area contributed by atoms with Crippen LogP contribution in [-0.4, -0.2) is 17.8 Å². The van der Waals surface area contributed by atoms with E-state index in [0.29, 0.717) is 16.3 Å². The van der Waals surface area contributed by atoms with Gasteiger partial charge >= 0.3 is 5.69 Å². The molecule has 0 aliphatic carbocycles. The molecular weight excluding hydrogens is 278 g/mol. The smallest absolute Gasteiger partial charge is 0.310 e. The highest BCUT2D eigenvalue weighted by molar-refractivity contribution is 9.11. The van der Waals surface area contributed by atoms with Crippen molar-refractivity contribution in [1.29, 1.82) is 0 Å². The second-order valence-corrected chi connectivity index (χ2v) is 4.03. The third-order valence-corrected chi connectivity index (χ3v) is 1.93. The lowest BCUT2D eigenvalue weighted by molar-refractivity contribution is -0.385. The first-order chi connectivity index (χ1) is 7.54. The number of rotatable bonds is 5. The van der Waals surface area contributed by atoms with Gasteiger partial charge in [0, 0.05) is 16.1 Å². The maximum atomic E-state index is 10.7. The fraction of sp³-hybridized carbons (Fsp3) is 0.100. The number of halogens is 1. The van der Waals surface area contributed by atoms with Gasteiger partial charge in [0.2, 0.25) is 0 Å². The highest BCUT2D eigenvalue weighted by Crippen LogP contribution is 2.28. The Labute approximate surface area is 100.0 Å². The van der Waals surface area contributed by atoms with Crippen LogP contribution in [0.1, 0.15) is 10.4 Å². The van der Waals surface area contributed by atoms with Gasteiger partial charge in [0.25, 0.3) is 0 Å². The van der Waals surface area contributed by atoms with Crippen molar-refractivity contribution in [1.82, 2.24) is 0 Å². The second kappa shape index (κ2) is 5.41. The van der Waals surface area contributed by atoms with E-state index in [4.69, 9.17) is 4.74 Å². The average Bonchev–Trinajstić information content (AvgIpc) is 2.25. The third kappa shape index (κ3) is 3.16. The standard InChI is InChI=1S/C10H8BrNO4/c1-7(11)6-16-10-4-8(5-13)2-3-9(10)12(14)15/h2-5H,1,6H2. The van der Waals surface area contributed by atoms with Crippen LogP contribution in [0.25, 0.3) is 0 Å². The SMILES string of the molecule is C=C(Br)COc1cc(C=O)ccc1[N+](=O)[O-]. The van der Waals surface area contributed by atoms with E-state index in [-0.39, 0.29) is 18.0 Å². The molecule has 0 saturated carbocycles. The zero-order valence-corrected chi connectivity index (χ0v) is 9.77. The largest absolute Gasteiger partial charge is 0.481 e. The fourth-order valence-corrected chi connectivity index (χ4v) is 1.14. The van der Waals surface area contributed by atoms with Crippen LogP contribution >= 0.6 is 15.9 Å². The summed E-state index contributed by atoms with van der Waals surface area (Å²) in [6.07, 6.45) is 0.597. The Hall–Kier alpha value is -1.69. The summed E-state index contributed by atoms with van der Waals surface area (Å²) in [6.45, 7) is 3.64. The van der Waals surface area contributed by atoms with Crippen molar-refractivity contribution in [2.75, 3.05) is 6.61 Å². The van der Waals surface area contributed by atoms with Crippen molar-refractivity contribution in [2.24, 2.45) is 0 Å². The summed E-state index contributed by atoms with van der Waals surface area (Å²) in [5.74, 6) is 0.0511. The van der Waals surface area contributed by atoms with E-state index >= 15 is 0 Å². The van der Waals surface area contributed by atoms with Gasteiger partial charge in [-0.25, -0.2) is 0 Å². The Morgan fingerprint density at radius 3 is 2.81 bits per heavy atom. The summed E-state index contributed by atoms with van der Waals surface area (Å²) in [4.78, 5) is 20.6. The van der Waals surface area contributed by atoms with E-state index in [1.807, 2.05) is 0 Å². The Balaban J connectivity index is 3.04. The molecule has 84 valence electrons. The number of hydrogen-bond donors (Lipinski definition) is 0. The molecule has 0 N–H and O–H groups in total.